The molecular weight excluding hydrogens is 336 g/mol. The van der Waals surface area contributed by atoms with E-state index in [1.165, 1.54) is 0 Å². The average molecular weight is 361 g/mol. The smallest absolute Gasteiger partial charge is 0.220 e. The largest absolute Gasteiger partial charge is 0.490 e. The maximum atomic E-state index is 11.7. The third-order valence-corrected chi connectivity index (χ3v) is 4.36. The first-order valence-electron chi connectivity index (χ1n) is 7.68. The molecular formula is C16H25ClN2O3S. The van der Waals surface area contributed by atoms with E-state index >= 15 is 0 Å². The Morgan fingerprint density at radius 3 is 2.83 bits per heavy atom. The topological polar surface area (TPSA) is 73.6 Å². The fraction of sp³-hybridized carbons (Fsp3) is 0.562. The van der Waals surface area contributed by atoms with Crippen molar-refractivity contribution in [2.75, 3.05) is 32.1 Å². The number of rotatable bonds is 7. The van der Waals surface area contributed by atoms with Gasteiger partial charge in [-0.05, 0) is 30.7 Å². The minimum Gasteiger partial charge on any atom is -0.490 e. The molecule has 2 rings (SSSR count). The molecule has 7 heteroatoms. The number of halogens is 1. The first-order valence-corrected chi connectivity index (χ1v) is 8.67. The Bertz CT molecular complexity index is 502. The summed E-state index contributed by atoms with van der Waals surface area (Å²) in [6.07, 6.45) is 1.40. The summed E-state index contributed by atoms with van der Waals surface area (Å²) >= 11 is 1.65. The van der Waals surface area contributed by atoms with E-state index in [2.05, 4.69) is 5.32 Å². The van der Waals surface area contributed by atoms with Crippen LogP contribution < -0.4 is 20.5 Å². The zero-order valence-corrected chi connectivity index (χ0v) is 15.0. The summed E-state index contributed by atoms with van der Waals surface area (Å²) in [5.74, 6) is 2.72. The zero-order valence-electron chi connectivity index (χ0n) is 13.4. The Kier molecular flexibility index (Phi) is 9.21. The fourth-order valence-electron chi connectivity index (χ4n) is 1.95. The fourth-order valence-corrected chi connectivity index (χ4v) is 2.83. The van der Waals surface area contributed by atoms with Gasteiger partial charge < -0.3 is 20.5 Å². The molecule has 0 saturated heterocycles. The summed E-state index contributed by atoms with van der Waals surface area (Å²) in [4.78, 5) is 12.8. The van der Waals surface area contributed by atoms with E-state index < -0.39 is 0 Å². The molecule has 3 N–H and O–H groups in total. The predicted molar refractivity (Wildman–Crippen MR) is 95.9 cm³/mol. The average Bonchev–Trinajstić information content (AvgIpc) is 2.77. The highest BCUT2D eigenvalue weighted by Crippen LogP contribution is 2.33. The van der Waals surface area contributed by atoms with E-state index in [4.69, 9.17) is 15.2 Å². The van der Waals surface area contributed by atoms with Crippen molar-refractivity contribution in [2.45, 2.75) is 24.7 Å². The summed E-state index contributed by atoms with van der Waals surface area (Å²) in [7, 11) is 0. The number of fused-ring (bicyclic) bond motifs is 1. The van der Waals surface area contributed by atoms with Gasteiger partial charge in [-0.1, -0.05) is 6.92 Å². The normalized spacial score (nSPS) is 14.3. The first-order chi connectivity index (χ1) is 10.7. The van der Waals surface area contributed by atoms with Crippen LogP contribution in [0.5, 0.6) is 11.5 Å². The highest BCUT2D eigenvalue weighted by Gasteiger charge is 2.11. The molecule has 1 aromatic carbocycles. The van der Waals surface area contributed by atoms with Crippen LogP contribution in [0.4, 0.5) is 0 Å². The predicted octanol–water partition coefficient (Wildman–Crippen LogP) is 2.46. The number of nitrogens with one attached hydrogen (secondary N) is 1. The number of carbonyl (C=O) groups excluding carboxylic acids is 1. The lowest BCUT2D eigenvalue weighted by Crippen LogP contribution is -2.31. The van der Waals surface area contributed by atoms with Gasteiger partial charge in [0.05, 0.1) is 13.2 Å². The van der Waals surface area contributed by atoms with Gasteiger partial charge in [0, 0.05) is 30.0 Å². The van der Waals surface area contributed by atoms with Crippen LogP contribution in [0, 0.1) is 5.92 Å². The number of carbonyl (C=O) groups is 1. The number of hydrogen-bond acceptors (Lipinski definition) is 5. The molecule has 0 aliphatic carbocycles. The summed E-state index contributed by atoms with van der Waals surface area (Å²) in [6.45, 7) is 4.63. The van der Waals surface area contributed by atoms with Crippen LogP contribution in [0.2, 0.25) is 0 Å². The van der Waals surface area contributed by atoms with Gasteiger partial charge in [-0.25, -0.2) is 0 Å². The van der Waals surface area contributed by atoms with Crippen LogP contribution in [-0.4, -0.2) is 38.0 Å². The molecule has 1 aliphatic heterocycles. The summed E-state index contributed by atoms with van der Waals surface area (Å²) in [5.41, 5.74) is 5.52. The summed E-state index contributed by atoms with van der Waals surface area (Å²) in [5, 5.41) is 2.90. The van der Waals surface area contributed by atoms with E-state index in [-0.39, 0.29) is 18.3 Å². The molecule has 0 saturated carbocycles. The lowest BCUT2D eigenvalue weighted by Gasteiger charge is -2.10. The van der Waals surface area contributed by atoms with Crippen molar-refractivity contribution in [3.8, 4) is 11.5 Å². The highest BCUT2D eigenvalue weighted by molar-refractivity contribution is 7.99. The first kappa shape index (κ1) is 19.9. The Morgan fingerprint density at radius 1 is 1.35 bits per heavy atom. The molecule has 1 amide bonds. The number of benzene rings is 1. The van der Waals surface area contributed by atoms with Crippen molar-refractivity contribution in [3.63, 3.8) is 0 Å². The van der Waals surface area contributed by atoms with Gasteiger partial charge in [-0.3, -0.25) is 4.79 Å². The third-order valence-electron chi connectivity index (χ3n) is 3.37. The van der Waals surface area contributed by atoms with Crippen LogP contribution in [0.25, 0.3) is 0 Å². The van der Waals surface area contributed by atoms with Crippen LogP contribution in [0.1, 0.15) is 19.8 Å². The van der Waals surface area contributed by atoms with Gasteiger partial charge in [-0.15, -0.1) is 24.2 Å². The van der Waals surface area contributed by atoms with Crippen LogP contribution >= 0.6 is 24.2 Å². The molecule has 0 radical (unpaired) electrons. The minimum atomic E-state index is 0. The molecule has 0 spiro atoms. The second kappa shape index (κ2) is 10.6. The van der Waals surface area contributed by atoms with Crippen LogP contribution in [0.3, 0.4) is 0 Å². The van der Waals surface area contributed by atoms with E-state index in [0.717, 1.165) is 28.6 Å². The van der Waals surface area contributed by atoms with E-state index in [1.54, 1.807) is 11.8 Å². The van der Waals surface area contributed by atoms with E-state index in [0.29, 0.717) is 38.6 Å². The van der Waals surface area contributed by atoms with Crippen molar-refractivity contribution < 1.29 is 14.3 Å². The molecule has 1 heterocycles. The monoisotopic (exact) mass is 360 g/mol. The quantitative estimate of drug-likeness (QED) is 0.731. The van der Waals surface area contributed by atoms with Gasteiger partial charge in [0.15, 0.2) is 11.5 Å². The summed E-state index contributed by atoms with van der Waals surface area (Å²) < 4.78 is 11.3. The molecule has 0 fully saturated rings. The van der Waals surface area contributed by atoms with Gasteiger partial charge in [0.1, 0.15) is 0 Å². The molecule has 1 aromatic rings. The van der Waals surface area contributed by atoms with Gasteiger partial charge >= 0.3 is 0 Å². The lowest BCUT2D eigenvalue weighted by atomic mass is 10.2. The van der Waals surface area contributed by atoms with Crippen molar-refractivity contribution in [1.82, 2.24) is 5.32 Å². The number of ether oxygens (including phenoxy) is 2. The number of hydrogen-bond donors (Lipinski definition) is 2. The Labute approximate surface area is 148 Å². The van der Waals surface area contributed by atoms with E-state index in [9.17, 15) is 4.79 Å². The second-order valence-corrected chi connectivity index (χ2v) is 6.57. The van der Waals surface area contributed by atoms with E-state index in [1.807, 2.05) is 25.1 Å². The van der Waals surface area contributed by atoms with Crippen molar-refractivity contribution in [2.24, 2.45) is 11.7 Å². The maximum absolute atomic E-state index is 11.7. The number of nitrogens with two attached hydrogens (primary N) is 1. The molecule has 0 bridgehead atoms. The molecule has 1 aliphatic rings. The van der Waals surface area contributed by atoms with Crippen molar-refractivity contribution in [3.05, 3.63) is 18.2 Å². The van der Waals surface area contributed by atoms with Crippen LogP contribution in [-0.2, 0) is 4.79 Å². The van der Waals surface area contributed by atoms with Crippen LogP contribution in [0.15, 0.2) is 23.1 Å². The lowest BCUT2D eigenvalue weighted by molar-refractivity contribution is -0.120. The van der Waals surface area contributed by atoms with Crippen molar-refractivity contribution >= 4 is 30.1 Å². The Balaban J connectivity index is 0.00000264. The third kappa shape index (κ3) is 6.89. The number of thioether (sulfide) groups is 1. The van der Waals surface area contributed by atoms with Gasteiger partial charge in [-0.2, -0.15) is 0 Å². The molecule has 23 heavy (non-hydrogen) atoms. The van der Waals surface area contributed by atoms with Gasteiger partial charge in [0.2, 0.25) is 5.91 Å². The Hall–Kier alpha value is -1.11. The molecule has 0 aromatic heterocycles. The van der Waals surface area contributed by atoms with Crippen molar-refractivity contribution in [1.29, 1.82) is 0 Å². The SMILES string of the molecule is CC(CN)CNC(=O)CCSc1ccc2c(c1)OCCCO2.Cl. The minimum absolute atomic E-state index is 0. The number of amides is 1. The molecule has 1 atom stereocenters. The second-order valence-electron chi connectivity index (χ2n) is 5.40. The highest BCUT2D eigenvalue weighted by atomic mass is 35.5. The molecule has 130 valence electrons. The Morgan fingerprint density at radius 2 is 2.09 bits per heavy atom. The standard InChI is InChI=1S/C16H24N2O3S.ClH/c1-12(10-17)11-18-16(19)5-8-22-13-3-4-14-15(9-13)21-7-2-6-20-14;/h3-4,9,12H,2,5-8,10-11,17H2,1H3,(H,18,19);1H. The molecule has 1 unspecified atom stereocenters. The summed E-state index contributed by atoms with van der Waals surface area (Å²) in [6, 6.07) is 5.93. The molecule has 5 nitrogen and oxygen atoms in total. The van der Waals surface area contributed by atoms with Gasteiger partial charge in [0.25, 0.3) is 0 Å². The zero-order chi connectivity index (χ0) is 15.8. The maximum Gasteiger partial charge on any atom is 0.220 e.